The maximum Gasteiger partial charge on any atom is 0.309 e. The molecule has 8 heteroatoms. The van der Waals surface area contributed by atoms with Crippen LogP contribution in [-0.4, -0.2) is 73.6 Å². The molecule has 3 heterocycles. The smallest absolute Gasteiger partial charge is 0.309 e. The zero-order valence-electron chi connectivity index (χ0n) is 17.1. The van der Waals surface area contributed by atoms with E-state index in [-0.39, 0.29) is 23.7 Å². The Hall–Kier alpha value is -2.38. The lowest BCUT2D eigenvalue weighted by molar-refractivity contribution is -0.151. The number of esters is 1. The van der Waals surface area contributed by atoms with E-state index in [1.54, 1.807) is 6.33 Å². The Bertz CT molecular complexity index is 680. The molecule has 0 spiro atoms. The van der Waals surface area contributed by atoms with Crippen molar-refractivity contribution in [2.45, 2.75) is 32.6 Å². The van der Waals surface area contributed by atoms with Crippen molar-refractivity contribution in [2.75, 3.05) is 56.7 Å². The van der Waals surface area contributed by atoms with E-state index in [1.165, 1.54) is 0 Å². The summed E-state index contributed by atoms with van der Waals surface area (Å²) in [5, 5.41) is 0. The van der Waals surface area contributed by atoms with Crippen molar-refractivity contribution in [3.05, 3.63) is 12.5 Å². The normalized spacial score (nSPS) is 18.8. The number of carbonyl (C=O) groups excluding carboxylic acids is 2. The lowest BCUT2D eigenvalue weighted by Gasteiger charge is -2.38. The van der Waals surface area contributed by atoms with Gasteiger partial charge in [-0.1, -0.05) is 0 Å². The van der Waals surface area contributed by atoms with Gasteiger partial charge in [0.15, 0.2) is 5.82 Å². The molecule has 2 fully saturated rings. The fourth-order valence-electron chi connectivity index (χ4n) is 4.10. The highest BCUT2D eigenvalue weighted by Gasteiger charge is 2.33. The first-order valence-corrected chi connectivity index (χ1v) is 10.2. The zero-order valence-corrected chi connectivity index (χ0v) is 17.1. The molecule has 0 saturated carbocycles. The summed E-state index contributed by atoms with van der Waals surface area (Å²) in [6.07, 6.45) is 6.49. The Balaban J connectivity index is 1.52. The van der Waals surface area contributed by atoms with Gasteiger partial charge in [0, 0.05) is 46.2 Å². The minimum absolute atomic E-state index is 0.0582. The molecule has 0 aromatic carbocycles. The molecule has 0 atom stereocenters. The van der Waals surface area contributed by atoms with Gasteiger partial charge in [-0.25, -0.2) is 9.97 Å². The van der Waals surface area contributed by atoms with Gasteiger partial charge in [0.05, 0.1) is 24.4 Å². The molecule has 1 amide bonds. The second-order valence-corrected chi connectivity index (χ2v) is 7.74. The van der Waals surface area contributed by atoms with Crippen molar-refractivity contribution < 1.29 is 14.3 Å². The first-order valence-electron chi connectivity index (χ1n) is 10.2. The van der Waals surface area contributed by atoms with Crippen molar-refractivity contribution in [3.8, 4) is 0 Å². The van der Waals surface area contributed by atoms with Crippen LogP contribution in [0.3, 0.4) is 0 Å². The minimum Gasteiger partial charge on any atom is -0.466 e. The summed E-state index contributed by atoms with van der Waals surface area (Å²) in [7, 11) is 3.95. The summed E-state index contributed by atoms with van der Waals surface area (Å²) >= 11 is 0. The monoisotopic (exact) mass is 389 g/mol. The van der Waals surface area contributed by atoms with Crippen molar-refractivity contribution >= 4 is 23.4 Å². The van der Waals surface area contributed by atoms with Gasteiger partial charge in [-0.3, -0.25) is 9.59 Å². The summed E-state index contributed by atoms with van der Waals surface area (Å²) in [5.41, 5.74) is 1.02. The first kappa shape index (κ1) is 20.4. The van der Waals surface area contributed by atoms with Crippen LogP contribution < -0.4 is 9.80 Å². The maximum absolute atomic E-state index is 12.9. The average molecular weight is 390 g/mol. The Morgan fingerprint density at radius 2 is 1.75 bits per heavy atom. The van der Waals surface area contributed by atoms with E-state index < -0.39 is 0 Å². The Morgan fingerprint density at radius 3 is 2.36 bits per heavy atom. The highest BCUT2D eigenvalue weighted by atomic mass is 16.5. The topological polar surface area (TPSA) is 78.9 Å². The molecule has 0 N–H and O–H groups in total. The van der Waals surface area contributed by atoms with Crippen LogP contribution in [0.5, 0.6) is 0 Å². The second-order valence-electron chi connectivity index (χ2n) is 7.74. The van der Waals surface area contributed by atoms with Gasteiger partial charge < -0.3 is 19.4 Å². The number of anilines is 2. The van der Waals surface area contributed by atoms with Gasteiger partial charge in [-0.2, -0.15) is 0 Å². The molecule has 2 aliphatic rings. The quantitative estimate of drug-likeness (QED) is 0.707. The summed E-state index contributed by atoms with van der Waals surface area (Å²) in [6.45, 7) is 5.19. The summed E-state index contributed by atoms with van der Waals surface area (Å²) < 4.78 is 5.11. The largest absolute Gasteiger partial charge is 0.466 e. The lowest BCUT2D eigenvalue weighted by atomic mass is 9.92. The molecule has 1 aromatic rings. The van der Waals surface area contributed by atoms with Crippen LogP contribution in [0.2, 0.25) is 0 Å². The number of likely N-dealkylation sites (tertiary alicyclic amines) is 1. The molecule has 28 heavy (non-hydrogen) atoms. The first-order chi connectivity index (χ1) is 13.5. The Morgan fingerprint density at radius 1 is 1.11 bits per heavy atom. The Kier molecular flexibility index (Phi) is 6.70. The predicted molar refractivity (Wildman–Crippen MR) is 107 cm³/mol. The van der Waals surface area contributed by atoms with E-state index in [4.69, 9.17) is 4.74 Å². The van der Waals surface area contributed by atoms with E-state index in [2.05, 4.69) is 14.9 Å². The van der Waals surface area contributed by atoms with E-state index in [1.807, 2.05) is 37.0 Å². The molecule has 1 aromatic heterocycles. The van der Waals surface area contributed by atoms with E-state index in [0.717, 1.165) is 37.4 Å². The second kappa shape index (κ2) is 9.21. The van der Waals surface area contributed by atoms with Gasteiger partial charge in [0.25, 0.3) is 0 Å². The number of hydrogen-bond donors (Lipinski definition) is 0. The van der Waals surface area contributed by atoms with Gasteiger partial charge in [-0.15, -0.1) is 0 Å². The third kappa shape index (κ3) is 4.54. The molecular weight excluding hydrogens is 358 g/mol. The van der Waals surface area contributed by atoms with Crippen LogP contribution in [0, 0.1) is 11.8 Å². The van der Waals surface area contributed by atoms with Crippen molar-refractivity contribution in [1.29, 1.82) is 0 Å². The van der Waals surface area contributed by atoms with E-state index in [0.29, 0.717) is 32.5 Å². The summed E-state index contributed by atoms with van der Waals surface area (Å²) in [5.74, 6) is 1.01. The third-order valence-corrected chi connectivity index (χ3v) is 5.71. The third-order valence-electron chi connectivity index (χ3n) is 5.71. The van der Waals surface area contributed by atoms with Crippen molar-refractivity contribution in [1.82, 2.24) is 14.9 Å². The van der Waals surface area contributed by atoms with Crippen molar-refractivity contribution in [3.63, 3.8) is 0 Å². The SMILES string of the molecule is CCOC(=O)C1CCN(C(=O)C2CCN(c3cncnc3N(C)C)CC2)CC1. The van der Waals surface area contributed by atoms with Crippen LogP contribution in [0.15, 0.2) is 12.5 Å². The number of aromatic nitrogens is 2. The minimum atomic E-state index is -0.121. The number of amides is 1. The molecular formula is C20H31N5O3. The van der Waals surface area contributed by atoms with Gasteiger partial charge in [0.2, 0.25) is 5.91 Å². The van der Waals surface area contributed by atoms with Crippen LogP contribution in [-0.2, 0) is 14.3 Å². The van der Waals surface area contributed by atoms with Crippen LogP contribution in [0.25, 0.3) is 0 Å². The van der Waals surface area contributed by atoms with E-state index in [9.17, 15) is 9.59 Å². The lowest BCUT2D eigenvalue weighted by Crippen LogP contribution is -2.46. The standard InChI is InChI=1S/C20H31N5O3/c1-4-28-20(27)16-7-11-25(12-8-16)19(26)15-5-9-24(10-6-15)17-13-21-14-22-18(17)23(2)3/h13-16H,4-12H2,1-3H3. The number of rotatable bonds is 5. The molecule has 2 saturated heterocycles. The van der Waals surface area contributed by atoms with Gasteiger partial charge in [0.1, 0.15) is 6.33 Å². The van der Waals surface area contributed by atoms with Gasteiger partial charge in [-0.05, 0) is 32.6 Å². The zero-order chi connectivity index (χ0) is 20.1. The average Bonchev–Trinajstić information content (AvgIpc) is 2.73. The number of ether oxygens (including phenoxy) is 1. The highest BCUT2D eigenvalue weighted by Crippen LogP contribution is 2.30. The molecule has 0 radical (unpaired) electrons. The maximum atomic E-state index is 12.9. The molecule has 0 bridgehead atoms. The summed E-state index contributed by atoms with van der Waals surface area (Å²) in [4.78, 5) is 39.6. The molecule has 154 valence electrons. The van der Waals surface area contributed by atoms with E-state index >= 15 is 0 Å². The number of hydrogen-bond acceptors (Lipinski definition) is 7. The molecule has 2 aliphatic heterocycles. The van der Waals surface area contributed by atoms with Crippen molar-refractivity contribution in [2.24, 2.45) is 11.8 Å². The Labute approximate surface area is 166 Å². The fraction of sp³-hybridized carbons (Fsp3) is 0.700. The molecule has 0 unspecified atom stereocenters. The summed E-state index contributed by atoms with van der Waals surface area (Å²) in [6, 6.07) is 0. The van der Waals surface area contributed by atoms with Crippen LogP contribution in [0.1, 0.15) is 32.6 Å². The van der Waals surface area contributed by atoms with Crippen LogP contribution >= 0.6 is 0 Å². The molecule has 3 rings (SSSR count). The number of carbonyl (C=O) groups is 2. The predicted octanol–water partition coefficient (Wildman–Crippen LogP) is 1.56. The highest BCUT2D eigenvalue weighted by molar-refractivity contribution is 5.80. The molecule has 0 aliphatic carbocycles. The fourth-order valence-corrected chi connectivity index (χ4v) is 4.10. The van der Waals surface area contributed by atoms with Crippen LogP contribution in [0.4, 0.5) is 11.5 Å². The molecule has 8 nitrogen and oxygen atoms in total. The number of nitrogens with zero attached hydrogens (tertiary/aromatic N) is 5. The van der Waals surface area contributed by atoms with Gasteiger partial charge >= 0.3 is 5.97 Å². The number of piperidine rings is 2.